The molecule has 4 nitrogen and oxygen atoms in total. The molecule has 1 N–H and O–H groups in total. The Labute approximate surface area is 80.9 Å². The Morgan fingerprint density at radius 3 is 3.21 bits per heavy atom. The van der Waals surface area contributed by atoms with Gasteiger partial charge in [0.15, 0.2) is 0 Å². The quantitative estimate of drug-likeness (QED) is 0.682. The van der Waals surface area contributed by atoms with Crippen LogP contribution >= 0.6 is 0 Å². The predicted molar refractivity (Wildman–Crippen MR) is 50.9 cm³/mol. The number of nitrogens with zero attached hydrogens (tertiary/aromatic N) is 2. The summed E-state index contributed by atoms with van der Waals surface area (Å²) in [6.45, 7) is 2.55. The van der Waals surface area contributed by atoms with Crippen LogP contribution in [0.3, 0.4) is 0 Å². The Kier molecular flexibility index (Phi) is 1.39. The van der Waals surface area contributed by atoms with E-state index in [-0.39, 0.29) is 0 Å². The van der Waals surface area contributed by atoms with Gasteiger partial charge in [-0.3, -0.25) is 0 Å². The maximum Gasteiger partial charge on any atom is 0.134 e. The number of aromatic amines is 1. The third kappa shape index (κ3) is 0.937. The second-order valence-corrected chi connectivity index (χ2v) is 3.41. The highest BCUT2D eigenvalue weighted by Gasteiger charge is 2.20. The summed E-state index contributed by atoms with van der Waals surface area (Å²) in [6.07, 6.45) is 0. The van der Waals surface area contributed by atoms with Crippen LogP contribution in [0.15, 0.2) is 18.2 Å². The molecule has 0 fully saturated rings. The number of fused-ring (bicyclic) bond motifs is 3. The minimum Gasteiger partial charge on any atom is -0.486 e. The summed E-state index contributed by atoms with van der Waals surface area (Å²) >= 11 is 0. The Hall–Kier alpha value is -1.84. The van der Waals surface area contributed by atoms with Crippen molar-refractivity contribution in [1.29, 1.82) is 0 Å². The van der Waals surface area contributed by atoms with E-state index in [0.29, 0.717) is 6.61 Å². The average Bonchev–Trinajstić information content (AvgIpc) is 2.65. The Morgan fingerprint density at radius 1 is 1.36 bits per heavy atom. The van der Waals surface area contributed by atoms with Crippen LogP contribution in [-0.4, -0.2) is 15.4 Å². The summed E-state index contributed by atoms with van der Waals surface area (Å²) in [5.74, 6) is 0.886. The van der Waals surface area contributed by atoms with Crippen molar-refractivity contribution >= 4 is 0 Å². The minimum atomic E-state index is 0.502. The molecule has 2 aromatic rings. The molecule has 0 aliphatic carbocycles. The van der Waals surface area contributed by atoms with E-state index in [1.807, 2.05) is 12.1 Å². The van der Waals surface area contributed by atoms with E-state index < -0.39 is 0 Å². The van der Waals surface area contributed by atoms with Gasteiger partial charge in [0.05, 0.1) is 0 Å². The summed E-state index contributed by atoms with van der Waals surface area (Å²) in [4.78, 5) is 0. The van der Waals surface area contributed by atoms with Gasteiger partial charge in [-0.2, -0.15) is 15.4 Å². The first-order valence-electron chi connectivity index (χ1n) is 4.48. The Bertz CT molecular complexity index is 490. The number of nitrogens with one attached hydrogen (secondary N) is 1. The summed E-state index contributed by atoms with van der Waals surface area (Å²) in [5, 5.41) is 10.8. The van der Waals surface area contributed by atoms with Crippen molar-refractivity contribution in [2.24, 2.45) is 0 Å². The molecule has 4 heteroatoms. The van der Waals surface area contributed by atoms with Crippen molar-refractivity contribution in [3.05, 3.63) is 29.5 Å². The molecule has 0 spiro atoms. The third-order valence-corrected chi connectivity index (χ3v) is 2.37. The molecular formula is C10H9N3O. The van der Waals surface area contributed by atoms with Crippen LogP contribution < -0.4 is 4.74 Å². The lowest BCUT2D eigenvalue weighted by atomic mass is 10.0. The van der Waals surface area contributed by atoms with Crippen molar-refractivity contribution in [3.63, 3.8) is 0 Å². The number of rotatable bonds is 0. The molecule has 0 unspecified atom stereocenters. The highest BCUT2D eigenvalue weighted by molar-refractivity contribution is 5.70. The van der Waals surface area contributed by atoms with Crippen LogP contribution in [-0.2, 0) is 6.61 Å². The largest absolute Gasteiger partial charge is 0.486 e. The topological polar surface area (TPSA) is 50.8 Å². The summed E-state index contributed by atoms with van der Waals surface area (Å²) in [6, 6.07) is 6.07. The van der Waals surface area contributed by atoms with E-state index in [4.69, 9.17) is 4.74 Å². The van der Waals surface area contributed by atoms with Gasteiger partial charge in [-0.25, -0.2) is 0 Å². The first-order valence-corrected chi connectivity index (χ1v) is 4.48. The molecule has 0 saturated heterocycles. The zero-order chi connectivity index (χ0) is 9.54. The lowest BCUT2D eigenvalue weighted by Crippen LogP contribution is -2.05. The van der Waals surface area contributed by atoms with E-state index in [9.17, 15) is 0 Å². The monoisotopic (exact) mass is 187 g/mol. The average molecular weight is 187 g/mol. The number of hydrogen-bond donors (Lipinski definition) is 1. The normalized spacial score (nSPS) is 12.9. The minimum absolute atomic E-state index is 0.502. The molecule has 14 heavy (non-hydrogen) atoms. The smallest absolute Gasteiger partial charge is 0.134 e. The number of hydrogen-bond acceptors (Lipinski definition) is 3. The van der Waals surface area contributed by atoms with E-state index in [1.165, 1.54) is 5.56 Å². The zero-order valence-electron chi connectivity index (χ0n) is 7.74. The summed E-state index contributed by atoms with van der Waals surface area (Å²) < 4.78 is 5.54. The molecule has 0 bridgehead atoms. The molecule has 0 atom stereocenters. The number of benzene rings is 1. The predicted octanol–water partition coefficient (Wildman–Crippen LogP) is 1.67. The van der Waals surface area contributed by atoms with Gasteiger partial charge in [0.2, 0.25) is 0 Å². The van der Waals surface area contributed by atoms with Crippen molar-refractivity contribution in [2.45, 2.75) is 13.5 Å². The van der Waals surface area contributed by atoms with Crippen LogP contribution in [0.5, 0.6) is 5.75 Å². The Morgan fingerprint density at radius 2 is 2.29 bits per heavy atom. The van der Waals surface area contributed by atoms with Crippen molar-refractivity contribution in [2.75, 3.05) is 0 Å². The van der Waals surface area contributed by atoms with Crippen molar-refractivity contribution < 1.29 is 4.74 Å². The molecule has 1 aromatic carbocycles. The fourth-order valence-corrected chi connectivity index (χ4v) is 1.67. The van der Waals surface area contributed by atoms with Crippen molar-refractivity contribution in [3.8, 4) is 17.0 Å². The van der Waals surface area contributed by atoms with E-state index in [2.05, 4.69) is 28.4 Å². The van der Waals surface area contributed by atoms with Gasteiger partial charge in [-0.1, -0.05) is 11.6 Å². The molecule has 2 heterocycles. The van der Waals surface area contributed by atoms with Gasteiger partial charge in [-0.05, 0) is 19.1 Å². The number of ether oxygens (including phenoxy) is 1. The van der Waals surface area contributed by atoms with Crippen LogP contribution in [0.4, 0.5) is 0 Å². The maximum absolute atomic E-state index is 5.54. The molecule has 1 aliphatic heterocycles. The maximum atomic E-state index is 5.54. The van der Waals surface area contributed by atoms with Gasteiger partial charge < -0.3 is 4.74 Å². The van der Waals surface area contributed by atoms with Gasteiger partial charge in [0.1, 0.15) is 23.7 Å². The lowest BCUT2D eigenvalue weighted by molar-refractivity contribution is 0.297. The molecular weight excluding hydrogens is 178 g/mol. The Balaban J connectivity index is 2.28. The van der Waals surface area contributed by atoms with Gasteiger partial charge in [-0.15, -0.1) is 0 Å². The number of aryl methyl sites for hydroxylation is 1. The molecule has 1 aliphatic rings. The molecule has 0 saturated carbocycles. The highest BCUT2D eigenvalue weighted by Crippen LogP contribution is 2.35. The van der Waals surface area contributed by atoms with Crippen LogP contribution in [0.25, 0.3) is 11.3 Å². The SMILES string of the molecule is Cc1ccc2c(c1)-c1n[nH]nc1CO2. The van der Waals surface area contributed by atoms with Gasteiger partial charge >= 0.3 is 0 Å². The summed E-state index contributed by atoms with van der Waals surface area (Å²) in [5.41, 5.74) is 4.02. The van der Waals surface area contributed by atoms with Crippen LogP contribution in [0, 0.1) is 6.92 Å². The van der Waals surface area contributed by atoms with E-state index in [0.717, 1.165) is 22.7 Å². The van der Waals surface area contributed by atoms with E-state index in [1.54, 1.807) is 0 Å². The van der Waals surface area contributed by atoms with Crippen LogP contribution in [0.1, 0.15) is 11.3 Å². The molecule has 0 amide bonds. The molecule has 3 rings (SSSR count). The fourth-order valence-electron chi connectivity index (χ4n) is 1.67. The molecule has 1 aromatic heterocycles. The molecule has 0 radical (unpaired) electrons. The first-order chi connectivity index (χ1) is 6.84. The summed E-state index contributed by atoms with van der Waals surface area (Å²) in [7, 11) is 0. The zero-order valence-corrected chi connectivity index (χ0v) is 7.74. The number of aromatic nitrogens is 3. The number of H-pyrrole nitrogens is 1. The second-order valence-electron chi connectivity index (χ2n) is 3.41. The fraction of sp³-hybridized carbons (Fsp3) is 0.200. The van der Waals surface area contributed by atoms with Gasteiger partial charge in [0, 0.05) is 5.56 Å². The lowest BCUT2D eigenvalue weighted by Gasteiger charge is -2.15. The van der Waals surface area contributed by atoms with Crippen LogP contribution in [0.2, 0.25) is 0 Å². The standard InChI is InChI=1S/C10H9N3O/c1-6-2-3-9-7(4-6)10-8(5-14-9)11-13-12-10/h2-4H,5H2,1H3,(H,11,12,13). The van der Waals surface area contributed by atoms with E-state index >= 15 is 0 Å². The third-order valence-electron chi connectivity index (χ3n) is 2.37. The second kappa shape index (κ2) is 2.57. The molecule has 70 valence electrons. The first kappa shape index (κ1) is 7.55. The van der Waals surface area contributed by atoms with Crippen molar-refractivity contribution in [1.82, 2.24) is 15.4 Å². The van der Waals surface area contributed by atoms with Gasteiger partial charge in [0.25, 0.3) is 0 Å². The highest BCUT2D eigenvalue weighted by atomic mass is 16.5.